The van der Waals surface area contributed by atoms with Gasteiger partial charge in [-0.05, 0) is 13.3 Å². The summed E-state index contributed by atoms with van der Waals surface area (Å²) in [5.41, 5.74) is 0. The molecule has 0 saturated heterocycles. The zero-order valence-electron chi connectivity index (χ0n) is 11.8. The van der Waals surface area contributed by atoms with Gasteiger partial charge in [0.15, 0.2) is 0 Å². The fourth-order valence-corrected chi connectivity index (χ4v) is 2.30. The number of aromatic nitrogens is 2. The van der Waals surface area contributed by atoms with E-state index in [1.165, 1.54) is 4.90 Å². The van der Waals surface area contributed by atoms with E-state index in [1.54, 1.807) is 11.1 Å². The minimum Gasteiger partial charge on any atom is -0.480 e. The summed E-state index contributed by atoms with van der Waals surface area (Å²) in [6.45, 7) is 5.25. The zero-order chi connectivity index (χ0) is 14.7. The Morgan fingerprint density at radius 2 is 2.25 bits per heavy atom. The number of hydrogen-bond donors (Lipinski definition) is 1. The number of carboxylic acid groups (broad SMARTS) is 1. The molecule has 1 aromatic heterocycles. The molecular formula is C13H20N4O3. The molecule has 7 nitrogen and oxygen atoms in total. The average molecular weight is 280 g/mol. The van der Waals surface area contributed by atoms with Crippen LogP contribution in [0.1, 0.15) is 26.1 Å². The van der Waals surface area contributed by atoms with E-state index in [-0.39, 0.29) is 18.6 Å². The van der Waals surface area contributed by atoms with Crippen molar-refractivity contribution >= 4 is 12.0 Å². The van der Waals surface area contributed by atoms with Crippen molar-refractivity contribution < 1.29 is 14.7 Å². The van der Waals surface area contributed by atoms with E-state index in [4.69, 9.17) is 5.11 Å². The van der Waals surface area contributed by atoms with Gasteiger partial charge in [0.25, 0.3) is 0 Å². The Hall–Kier alpha value is -2.05. The SMILES string of the molecule is CCC(C)N(CC(=O)O)C(=O)N1CCn2ccnc2C1. The fraction of sp³-hybridized carbons (Fsp3) is 0.615. The van der Waals surface area contributed by atoms with Gasteiger partial charge in [-0.2, -0.15) is 0 Å². The Morgan fingerprint density at radius 3 is 2.90 bits per heavy atom. The standard InChI is InChI=1S/C13H20N4O3/c1-3-10(2)17(9-12(18)19)13(20)16-7-6-15-5-4-14-11(15)8-16/h4-5,10H,3,6-9H2,1-2H3,(H,18,19). The molecule has 0 aromatic carbocycles. The van der Waals surface area contributed by atoms with Crippen LogP contribution in [0.15, 0.2) is 12.4 Å². The first-order chi connectivity index (χ1) is 9.52. The first-order valence-corrected chi connectivity index (χ1v) is 6.80. The van der Waals surface area contributed by atoms with Crippen molar-refractivity contribution in [2.45, 2.75) is 39.4 Å². The number of fused-ring (bicyclic) bond motifs is 1. The van der Waals surface area contributed by atoms with Crippen LogP contribution in [0.2, 0.25) is 0 Å². The number of rotatable bonds is 4. The Bertz CT molecular complexity index is 500. The molecule has 7 heteroatoms. The van der Waals surface area contributed by atoms with Crippen LogP contribution in [0.3, 0.4) is 0 Å². The summed E-state index contributed by atoms with van der Waals surface area (Å²) >= 11 is 0. The Balaban J connectivity index is 2.10. The molecule has 0 radical (unpaired) electrons. The molecule has 2 amide bonds. The molecule has 20 heavy (non-hydrogen) atoms. The summed E-state index contributed by atoms with van der Waals surface area (Å²) in [6, 6.07) is -0.323. The minimum atomic E-state index is -0.989. The molecule has 1 N–H and O–H groups in total. The number of amides is 2. The molecule has 1 atom stereocenters. The predicted octanol–water partition coefficient (Wildman–Crippen LogP) is 1.00. The van der Waals surface area contributed by atoms with Crippen molar-refractivity contribution in [3.05, 3.63) is 18.2 Å². The van der Waals surface area contributed by atoms with Gasteiger partial charge < -0.3 is 19.5 Å². The number of nitrogens with zero attached hydrogens (tertiary/aromatic N) is 4. The van der Waals surface area contributed by atoms with Gasteiger partial charge in [0.05, 0.1) is 6.54 Å². The summed E-state index contributed by atoms with van der Waals surface area (Å²) in [7, 11) is 0. The van der Waals surface area contributed by atoms with Crippen LogP contribution in [0, 0.1) is 0 Å². The predicted molar refractivity (Wildman–Crippen MR) is 72.1 cm³/mol. The maximum Gasteiger partial charge on any atom is 0.323 e. The summed E-state index contributed by atoms with van der Waals surface area (Å²) in [6.07, 6.45) is 4.33. The third-order valence-electron chi connectivity index (χ3n) is 3.69. The quantitative estimate of drug-likeness (QED) is 0.892. The Kier molecular flexibility index (Phi) is 4.26. The molecule has 0 saturated carbocycles. The number of aliphatic carboxylic acids is 1. The van der Waals surface area contributed by atoms with Crippen LogP contribution in [0.5, 0.6) is 0 Å². The van der Waals surface area contributed by atoms with E-state index < -0.39 is 5.97 Å². The normalized spacial score (nSPS) is 15.6. The monoisotopic (exact) mass is 280 g/mol. The van der Waals surface area contributed by atoms with Crippen molar-refractivity contribution in [1.82, 2.24) is 19.4 Å². The summed E-state index contributed by atoms with van der Waals surface area (Å²) in [5.74, 6) is -0.152. The highest BCUT2D eigenvalue weighted by Gasteiger charge is 2.29. The molecule has 0 spiro atoms. The molecule has 0 aliphatic carbocycles. The third-order valence-corrected chi connectivity index (χ3v) is 3.69. The van der Waals surface area contributed by atoms with Gasteiger partial charge in [0, 0.05) is 31.5 Å². The van der Waals surface area contributed by atoms with Crippen molar-refractivity contribution in [3.63, 3.8) is 0 Å². The lowest BCUT2D eigenvalue weighted by Gasteiger charge is -2.35. The Morgan fingerprint density at radius 1 is 1.50 bits per heavy atom. The van der Waals surface area contributed by atoms with Crippen LogP contribution < -0.4 is 0 Å². The number of carboxylic acids is 1. The first-order valence-electron chi connectivity index (χ1n) is 6.80. The second kappa shape index (κ2) is 5.94. The van der Waals surface area contributed by atoms with Crippen molar-refractivity contribution in [2.24, 2.45) is 0 Å². The van der Waals surface area contributed by atoms with Crippen LogP contribution in [-0.2, 0) is 17.9 Å². The maximum atomic E-state index is 12.5. The average Bonchev–Trinajstić information content (AvgIpc) is 2.90. The molecular weight excluding hydrogens is 260 g/mol. The molecule has 0 bridgehead atoms. The van der Waals surface area contributed by atoms with Gasteiger partial charge in [0.2, 0.25) is 0 Å². The second-order valence-electron chi connectivity index (χ2n) is 5.02. The molecule has 2 heterocycles. The van der Waals surface area contributed by atoms with Crippen LogP contribution in [-0.4, -0.2) is 55.6 Å². The van der Waals surface area contributed by atoms with Crippen molar-refractivity contribution in [3.8, 4) is 0 Å². The molecule has 1 aliphatic heterocycles. The van der Waals surface area contributed by atoms with Gasteiger partial charge in [-0.25, -0.2) is 9.78 Å². The topological polar surface area (TPSA) is 78.7 Å². The lowest BCUT2D eigenvalue weighted by atomic mass is 10.2. The lowest BCUT2D eigenvalue weighted by Crippen LogP contribution is -2.51. The molecule has 1 aliphatic rings. The summed E-state index contributed by atoms with van der Waals surface area (Å²) in [5, 5.41) is 8.97. The molecule has 1 unspecified atom stereocenters. The maximum absolute atomic E-state index is 12.5. The van der Waals surface area contributed by atoms with Crippen molar-refractivity contribution in [1.29, 1.82) is 0 Å². The van der Waals surface area contributed by atoms with Crippen LogP contribution in [0.25, 0.3) is 0 Å². The van der Waals surface area contributed by atoms with Crippen LogP contribution in [0.4, 0.5) is 4.79 Å². The third kappa shape index (κ3) is 2.92. The number of imidazole rings is 1. The van der Waals surface area contributed by atoms with E-state index >= 15 is 0 Å². The van der Waals surface area contributed by atoms with E-state index in [2.05, 4.69) is 4.98 Å². The number of carbonyl (C=O) groups excluding carboxylic acids is 1. The number of urea groups is 1. The minimum absolute atomic E-state index is 0.0970. The van der Waals surface area contributed by atoms with Gasteiger partial charge in [-0.15, -0.1) is 0 Å². The van der Waals surface area contributed by atoms with E-state index in [1.807, 2.05) is 24.6 Å². The zero-order valence-corrected chi connectivity index (χ0v) is 11.8. The summed E-state index contributed by atoms with van der Waals surface area (Å²) in [4.78, 5) is 30.8. The Labute approximate surface area is 117 Å². The first kappa shape index (κ1) is 14.4. The van der Waals surface area contributed by atoms with E-state index in [0.29, 0.717) is 19.6 Å². The fourth-order valence-electron chi connectivity index (χ4n) is 2.30. The van der Waals surface area contributed by atoms with Gasteiger partial charge in [-0.1, -0.05) is 6.92 Å². The number of carbonyl (C=O) groups is 2. The summed E-state index contributed by atoms with van der Waals surface area (Å²) < 4.78 is 2.01. The smallest absolute Gasteiger partial charge is 0.323 e. The van der Waals surface area contributed by atoms with E-state index in [0.717, 1.165) is 12.2 Å². The van der Waals surface area contributed by atoms with Crippen molar-refractivity contribution in [2.75, 3.05) is 13.1 Å². The highest BCUT2D eigenvalue weighted by atomic mass is 16.4. The largest absolute Gasteiger partial charge is 0.480 e. The molecule has 110 valence electrons. The van der Waals surface area contributed by atoms with Gasteiger partial charge in [-0.3, -0.25) is 4.79 Å². The number of hydrogen-bond acceptors (Lipinski definition) is 3. The highest BCUT2D eigenvalue weighted by Crippen LogP contribution is 2.15. The van der Waals surface area contributed by atoms with E-state index in [9.17, 15) is 9.59 Å². The van der Waals surface area contributed by atoms with Crippen LogP contribution >= 0.6 is 0 Å². The molecule has 1 aromatic rings. The lowest BCUT2D eigenvalue weighted by molar-refractivity contribution is -0.138. The second-order valence-corrected chi connectivity index (χ2v) is 5.02. The molecule has 0 fully saturated rings. The highest BCUT2D eigenvalue weighted by molar-refractivity contribution is 5.80. The van der Waals surface area contributed by atoms with Gasteiger partial charge in [0.1, 0.15) is 12.4 Å². The molecule has 2 rings (SSSR count). The van der Waals surface area contributed by atoms with Gasteiger partial charge >= 0.3 is 12.0 Å².